The van der Waals surface area contributed by atoms with Crippen LogP contribution in [0, 0.1) is 13.8 Å². The second kappa shape index (κ2) is 5.31. The summed E-state index contributed by atoms with van der Waals surface area (Å²) >= 11 is 1.36. The van der Waals surface area contributed by atoms with E-state index in [-0.39, 0.29) is 0 Å². The fraction of sp³-hybridized carbons (Fsp3) is 0.250. The summed E-state index contributed by atoms with van der Waals surface area (Å²) in [5.41, 5.74) is 7.49. The normalized spacial score (nSPS) is 10.5. The van der Waals surface area contributed by atoms with Crippen LogP contribution in [-0.4, -0.2) is 28.3 Å². The van der Waals surface area contributed by atoms with Gasteiger partial charge in [-0.15, -0.1) is 5.10 Å². The molecule has 0 fully saturated rings. The highest BCUT2D eigenvalue weighted by Crippen LogP contribution is 2.30. The largest absolute Gasteiger partial charge is 0.465 e. The van der Waals surface area contributed by atoms with Gasteiger partial charge in [-0.05, 0) is 43.3 Å². The van der Waals surface area contributed by atoms with E-state index in [0.717, 1.165) is 16.3 Å². The Morgan fingerprint density at radius 3 is 2.74 bits per heavy atom. The molecule has 0 amide bonds. The molecule has 0 aliphatic heterocycles. The van der Waals surface area contributed by atoms with E-state index in [9.17, 15) is 4.79 Å². The van der Waals surface area contributed by atoms with Gasteiger partial charge in [-0.1, -0.05) is 0 Å². The Bertz CT molecular complexity index is 624. The number of aryl methyl sites for hydroxylation is 2. The molecule has 100 valence electrons. The molecule has 2 rings (SSSR count). The lowest BCUT2D eigenvalue weighted by molar-refractivity contribution is 0.0601. The van der Waals surface area contributed by atoms with Crippen LogP contribution in [0.2, 0.25) is 0 Å². The number of nitrogens with two attached hydrogens (primary N) is 1. The van der Waals surface area contributed by atoms with Gasteiger partial charge >= 0.3 is 5.97 Å². The van der Waals surface area contributed by atoms with Crippen molar-refractivity contribution in [2.24, 2.45) is 0 Å². The average Bonchev–Trinajstić information content (AvgIpc) is 2.78. The minimum Gasteiger partial charge on any atom is -0.465 e. The van der Waals surface area contributed by atoms with Crippen molar-refractivity contribution in [1.82, 2.24) is 15.2 Å². The summed E-state index contributed by atoms with van der Waals surface area (Å²) in [4.78, 5) is 16.7. The van der Waals surface area contributed by atoms with Crippen LogP contribution in [0.3, 0.4) is 0 Å². The minimum absolute atomic E-state index is 0.359. The van der Waals surface area contributed by atoms with Gasteiger partial charge in [0.2, 0.25) is 5.16 Å². The number of aromatic nitrogens is 3. The minimum atomic E-state index is -0.450. The first kappa shape index (κ1) is 13.4. The molecular formula is C12H14N4O2S. The first-order valence-electron chi connectivity index (χ1n) is 5.56. The summed E-state index contributed by atoms with van der Waals surface area (Å²) in [5.74, 6) is 0.289. The standard InChI is InChI=1S/C12H14N4O2S/c1-6-4-8(19-12-14-7(2)15-16-12)5-9(10(6)13)11(17)18-3/h4-5H,13H2,1-3H3,(H,14,15,16). The van der Waals surface area contributed by atoms with Gasteiger partial charge in [0.05, 0.1) is 12.7 Å². The lowest BCUT2D eigenvalue weighted by atomic mass is 10.1. The number of carbonyl (C=O) groups is 1. The Hall–Kier alpha value is -2.02. The van der Waals surface area contributed by atoms with Crippen LogP contribution in [0.5, 0.6) is 0 Å². The van der Waals surface area contributed by atoms with E-state index >= 15 is 0 Å². The van der Waals surface area contributed by atoms with Crippen LogP contribution in [-0.2, 0) is 4.74 Å². The number of nitrogen functional groups attached to an aromatic ring is 1. The number of hydrogen-bond donors (Lipinski definition) is 2. The first-order chi connectivity index (χ1) is 9.01. The van der Waals surface area contributed by atoms with E-state index in [1.807, 2.05) is 19.9 Å². The van der Waals surface area contributed by atoms with E-state index in [1.165, 1.54) is 18.9 Å². The summed E-state index contributed by atoms with van der Waals surface area (Å²) in [6.45, 7) is 3.67. The molecule has 0 saturated heterocycles. The molecule has 0 atom stereocenters. The highest BCUT2D eigenvalue weighted by atomic mass is 32.2. The molecule has 0 spiro atoms. The molecule has 0 unspecified atom stereocenters. The quantitative estimate of drug-likeness (QED) is 0.658. The number of carbonyl (C=O) groups excluding carboxylic acids is 1. The number of aromatic amines is 1. The van der Waals surface area contributed by atoms with Gasteiger partial charge in [0, 0.05) is 10.6 Å². The maximum Gasteiger partial charge on any atom is 0.340 e. The molecule has 3 N–H and O–H groups in total. The van der Waals surface area contributed by atoms with Gasteiger partial charge in [0.1, 0.15) is 5.82 Å². The predicted octanol–water partition coefficient (Wildman–Crippen LogP) is 1.94. The second-order valence-electron chi connectivity index (χ2n) is 4.00. The molecule has 0 bridgehead atoms. The van der Waals surface area contributed by atoms with Gasteiger partial charge in [-0.3, -0.25) is 5.10 Å². The Morgan fingerprint density at radius 1 is 1.42 bits per heavy atom. The van der Waals surface area contributed by atoms with Crippen molar-refractivity contribution < 1.29 is 9.53 Å². The number of hydrogen-bond acceptors (Lipinski definition) is 6. The van der Waals surface area contributed by atoms with Gasteiger partial charge in [-0.25, -0.2) is 9.78 Å². The third kappa shape index (κ3) is 2.87. The maximum atomic E-state index is 11.6. The Balaban J connectivity index is 2.36. The van der Waals surface area contributed by atoms with Crippen LogP contribution in [0.25, 0.3) is 0 Å². The fourth-order valence-electron chi connectivity index (χ4n) is 1.58. The number of anilines is 1. The first-order valence-corrected chi connectivity index (χ1v) is 6.38. The molecule has 19 heavy (non-hydrogen) atoms. The molecule has 1 heterocycles. The van der Waals surface area contributed by atoms with Gasteiger partial charge in [-0.2, -0.15) is 0 Å². The number of nitrogens with one attached hydrogen (secondary N) is 1. The zero-order chi connectivity index (χ0) is 14.0. The maximum absolute atomic E-state index is 11.6. The summed E-state index contributed by atoms with van der Waals surface area (Å²) in [5, 5.41) is 7.40. The molecule has 0 radical (unpaired) electrons. The van der Waals surface area contributed by atoms with Crippen LogP contribution in [0.15, 0.2) is 22.2 Å². The zero-order valence-corrected chi connectivity index (χ0v) is 11.7. The van der Waals surface area contributed by atoms with E-state index in [4.69, 9.17) is 10.5 Å². The van der Waals surface area contributed by atoms with E-state index < -0.39 is 5.97 Å². The summed E-state index contributed by atoms with van der Waals surface area (Å²) in [6, 6.07) is 3.57. The number of benzene rings is 1. The third-order valence-corrected chi connectivity index (χ3v) is 3.39. The van der Waals surface area contributed by atoms with Crippen molar-refractivity contribution >= 4 is 23.4 Å². The van der Waals surface area contributed by atoms with E-state index in [0.29, 0.717) is 16.4 Å². The number of esters is 1. The monoisotopic (exact) mass is 278 g/mol. The number of methoxy groups -OCH3 is 1. The Kier molecular flexibility index (Phi) is 3.75. The molecular weight excluding hydrogens is 264 g/mol. The number of ether oxygens (including phenoxy) is 1. The molecule has 6 nitrogen and oxygen atoms in total. The smallest absolute Gasteiger partial charge is 0.340 e. The topological polar surface area (TPSA) is 93.9 Å². The van der Waals surface area contributed by atoms with E-state index in [2.05, 4.69) is 15.2 Å². The van der Waals surface area contributed by atoms with Crippen molar-refractivity contribution in [3.63, 3.8) is 0 Å². The lowest BCUT2D eigenvalue weighted by Gasteiger charge is -2.09. The van der Waals surface area contributed by atoms with Crippen LogP contribution in [0.4, 0.5) is 5.69 Å². The highest BCUT2D eigenvalue weighted by Gasteiger charge is 2.14. The SMILES string of the molecule is COC(=O)c1cc(Sc2n[nH]c(C)n2)cc(C)c1N. The zero-order valence-electron chi connectivity index (χ0n) is 10.9. The van der Waals surface area contributed by atoms with Gasteiger partial charge < -0.3 is 10.5 Å². The van der Waals surface area contributed by atoms with Gasteiger partial charge in [0.25, 0.3) is 0 Å². The van der Waals surface area contributed by atoms with Crippen molar-refractivity contribution in [2.45, 2.75) is 23.9 Å². The molecule has 0 saturated carbocycles. The highest BCUT2D eigenvalue weighted by molar-refractivity contribution is 7.99. The van der Waals surface area contributed by atoms with Crippen molar-refractivity contribution in [3.05, 3.63) is 29.1 Å². The fourth-order valence-corrected chi connectivity index (χ4v) is 2.47. The Labute approximate surface area is 114 Å². The second-order valence-corrected chi connectivity index (χ2v) is 5.04. The van der Waals surface area contributed by atoms with Gasteiger partial charge in [0.15, 0.2) is 0 Å². The third-order valence-electron chi connectivity index (χ3n) is 2.55. The van der Waals surface area contributed by atoms with Crippen molar-refractivity contribution in [3.8, 4) is 0 Å². The van der Waals surface area contributed by atoms with Crippen molar-refractivity contribution in [2.75, 3.05) is 12.8 Å². The van der Waals surface area contributed by atoms with Crippen LogP contribution < -0.4 is 5.73 Å². The number of nitrogens with zero attached hydrogens (tertiary/aromatic N) is 2. The Morgan fingerprint density at radius 2 is 2.16 bits per heavy atom. The predicted molar refractivity (Wildman–Crippen MR) is 72.2 cm³/mol. The molecule has 0 aliphatic rings. The number of rotatable bonds is 3. The van der Waals surface area contributed by atoms with Crippen LogP contribution in [0.1, 0.15) is 21.7 Å². The molecule has 2 aromatic rings. The summed E-state index contributed by atoms with van der Waals surface area (Å²) < 4.78 is 4.72. The number of H-pyrrole nitrogens is 1. The molecule has 1 aromatic carbocycles. The lowest BCUT2D eigenvalue weighted by Crippen LogP contribution is -2.07. The van der Waals surface area contributed by atoms with Crippen molar-refractivity contribution in [1.29, 1.82) is 0 Å². The molecule has 0 aliphatic carbocycles. The summed E-state index contributed by atoms with van der Waals surface area (Å²) in [7, 11) is 1.33. The average molecular weight is 278 g/mol. The van der Waals surface area contributed by atoms with E-state index in [1.54, 1.807) is 6.07 Å². The van der Waals surface area contributed by atoms with Crippen LogP contribution >= 0.6 is 11.8 Å². The summed E-state index contributed by atoms with van der Waals surface area (Å²) in [6.07, 6.45) is 0. The molecule has 7 heteroatoms. The molecule has 1 aromatic heterocycles.